The van der Waals surface area contributed by atoms with Gasteiger partial charge in [-0.05, 0) is 31.9 Å². The summed E-state index contributed by atoms with van der Waals surface area (Å²) >= 11 is 0. The molecule has 1 rings (SSSR count). The molecule has 1 aromatic carbocycles. The lowest BCUT2D eigenvalue weighted by Crippen LogP contribution is -2.43. The minimum absolute atomic E-state index is 0.0449. The Balaban J connectivity index is 2.96. The Kier molecular flexibility index (Phi) is 5.76. The molecule has 0 heterocycles. The van der Waals surface area contributed by atoms with Gasteiger partial charge >= 0.3 is 12.1 Å². The third-order valence-corrected chi connectivity index (χ3v) is 2.96. The fourth-order valence-corrected chi connectivity index (χ4v) is 1.65. The van der Waals surface area contributed by atoms with E-state index in [1.807, 2.05) is 19.9 Å². The van der Waals surface area contributed by atoms with Crippen LogP contribution < -0.4 is 4.90 Å². The smallest absolute Gasteiger partial charge is 0.414 e. The van der Waals surface area contributed by atoms with Gasteiger partial charge in [0.05, 0.1) is 12.0 Å². The normalized spacial score (nSPS) is 11.3. The van der Waals surface area contributed by atoms with E-state index in [2.05, 4.69) is 0 Å². The highest BCUT2D eigenvalue weighted by Gasteiger charge is 2.33. The number of benzene rings is 1. The van der Waals surface area contributed by atoms with Gasteiger partial charge in [0.25, 0.3) is 0 Å². The van der Waals surface area contributed by atoms with Gasteiger partial charge < -0.3 is 9.84 Å². The largest absolute Gasteiger partial charge is 0.481 e. The van der Waals surface area contributed by atoms with E-state index in [0.717, 1.165) is 0 Å². The average Bonchev–Trinajstić information content (AvgIpc) is 2.43. The maximum atomic E-state index is 12.3. The number of hydrogen-bond acceptors (Lipinski definition) is 3. The highest BCUT2D eigenvalue weighted by molar-refractivity contribution is 5.89. The lowest BCUT2D eigenvalue weighted by molar-refractivity contribution is -0.146. The second-order valence-electron chi connectivity index (χ2n) is 6.08. The van der Waals surface area contributed by atoms with Gasteiger partial charge in [0.2, 0.25) is 0 Å². The van der Waals surface area contributed by atoms with Crippen LogP contribution in [0.5, 0.6) is 0 Å². The Bertz CT molecular complexity index is 482. The summed E-state index contributed by atoms with van der Waals surface area (Å²) in [5.41, 5.74) is -0.437. The van der Waals surface area contributed by atoms with E-state index >= 15 is 0 Å². The summed E-state index contributed by atoms with van der Waals surface area (Å²) in [5, 5.41) is 9.26. The zero-order valence-electron chi connectivity index (χ0n) is 13.0. The van der Waals surface area contributed by atoms with Crippen molar-refractivity contribution in [1.29, 1.82) is 0 Å². The van der Waals surface area contributed by atoms with Crippen LogP contribution in [0.2, 0.25) is 0 Å². The molecular weight excluding hydrogens is 270 g/mol. The second kappa shape index (κ2) is 7.11. The van der Waals surface area contributed by atoms with E-state index in [0.29, 0.717) is 12.3 Å². The van der Waals surface area contributed by atoms with Gasteiger partial charge in [-0.1, -0.05) is 32.0 Å². The zero-order valence-corrected chi connectivity index (χ0v) is 13.0. The zero-order chi connectivity index (χ0) is 16.0. The highest BCUT2D eigenvalue weighted by Crippen LogP contribution is 2.23. The Hall–Kier alpha value is -2.04. The Labute approximate surface area is 125 Å². The molecule has 0 saturated carbocycles. The van der Waals surface area contributed by atoms with Crippen molar-refractivity contribution >= 4 is 17.7 Å². The molecule has 5 nitrogen and oxygen atoms in total. The summed E-state index contributed by atoms with van der Waals surface area (Å²) in [4.78, 5) is 24.9. The number of nitrogens with zero attached hydrogens (tertiary/aromatic N) is 1. The van der Waals surface area contributed by atoms with Crippen LogP contribution in [-0.2, 0) is 9.53 Å². The number of carboxylic acid groups (broad SMARTS) is 1. The fourth-order valence-electron chi connectivity index (χ4n) is 1.65. The van der Waals surface area contributed by atoms with Crippen LogP contribution in [-0.4, -0.2) is 30.3 Å². The number of carbonyl (C=O) groups excluding carboxylic acids is 1. The molecule has 0 aromatic heterocycles. The monoisotopic (exact) mass is 293 g/mol. The summed E-state index contributed by atoms with van der Waals surface area (Å²) in [5.74, 6) is -0.737. The van der Waals surface area contributed by atoms with Gasteiger partial charge in [-0.2, -0.15) is 0 Å². The molecule has 116 valence electrons. The van der Waals surface area contributed by atoms with E-state index in [-0.39, 0.29) is 12.5 Å². The summed E-state index contributed by atoms with van der Waals surface area (Å²) in [6.45, 7) is 7.41. The van der Waals surface area contributed by atoms with Crippen LogP contribution in [0.3, 0.4) is 0 Å². The van der Waals surface area contributed by atoms with Crippen molar-refractivity contribution in [2.75, 3.05) is 18.1 Å². The lowest BCUT2D eigenvalue weighted by atomic mass is 9.93. The first-order valence-corrected chi connectivity index (χ1v) is 6.97. The molecular formula is C16H23NO4. The van der Waals surface area contributed by atoms with E-state index in [1.165, 1.54) is 4.90 Å². The number of amides is 1. The molecule has 21 heavy (non-hydrogen) atoms. The number of ether oxygens (including phenoxy) is 1. The minimum Gasteiger partial charge on any atom is -0.481 e. The van der Waals surface area contributed by atoms with Crippen LogP contribution in [0.15, 0.2) is 30.3 Å². The molecule has 0 saturated heterocycles. The Morgan fingerprint density at radius 1 is 1.24 bits per heavy atom. The molecule has 1 N–H and O–H groups in total. The number of hydrogen-bond donors (Lipinski definition) is 1. The molecule has 0 spiro atoms. The van der Waals surface area contributed by atoms with E-state index in [4.69, 9.17) is 4.74 Å². The molecule has 0 fully saturated rings. The van der Waals surface area contributed by atoms with E-state index in [1.54, 1.807) is 38.1 Å². The molecule has 0 aliphatic rings. The first-order chi connectivity index (χ1) is 9.74. The van der Waals surface area contributed by atoms with Crippen LogP contribution >= 0.6 is 0 Å². The van der Waals surface area contributed by atoms with E-state index in [9.17, 15) is 14.7 Å². The van der Waals surface area contributed by atoms with Gasteiger partial charge in [-0.25, -0.2) is 4.79 Å². The van der Waals surface area contributed by atoms with Gasteiger partial charge in [0.1, 0.15) is 0 Å². The summed E-state index contributed by atoms with van der Waals surface area (Å²) in [6, 6.07) is 8.95. The van der Waals surface area contributed by atoms with Crippen LogP contribution in [0.1, 0.15) is 27.7 Å². The Morgan fingerprint density at radius 3 is 2.29 bits per heavy atom. The molecule has 0 radical (unpaired) electrons. The molecule has 1 aromatic rings. The molecule has 0 bridgehead atoms. The van der Waals surface area contributed by atoms with Crippen molar-refractivity contribution in [2.24, 2.45) is 11.3 Å². The maximum absolute atomic E-state index is 12.3. The van der Waals surface area contributed by atoms with Crippen molar-refractivity contribution in [3.63, 3.8) is 0 Å². The Morgan fingerprint density at radius 2 is 1.81 bits per heavy atom. The lowest BCUT2D eigenvalue weighted by Gasteiger charge is -2.29. The van der Waals surface area contributed by atoms with Gasteiger partial charge in [-0.3, -0.25) is 9.69 Å². The van der Waals surface area contributed by atoms with Gasteiger partial charge in [-0.15, -0.1) is 0 Å². The number of aliphatic carboxylic acids is 1. The fraction of sp³-hybridized carbons (Fsp3) is 0.500. The maximum Gasteiger partial charge on any atom is 0.414 e. The van der Waals surface area contributed by atoms with Crippen molar-refractivity contribution in [3.8, 4) is 0 Å². The van der Waals surface area contributed by atoms with Crippen molar-refractivity contribution in [2.45, 2.75) is 27.7 Å². The number of anilines is 1. The predicted octanol–water partition coefficient (Wildman–Crippen LogP) is 3.40. The van der Waals surface area contributed by atoms with E-state index < -0.39 is 17.5 Å². The standard InChI is InChI=1S/C16H23NO4/c1-12(2)10-21-15(20)17(11-16(3,4)14(18)19)13-8-6-5-7-9-13/h5-9,12H,10-11H2,1-4H3,(H,18,19). The van der Waals surface area contributed by atoms with Crippen LogP contribution in [0.4, 0.5) is 10.5 Å². The first kappa shape index (κ1) is 17.0. The van der Waals surface area contributed by atoms with Crippen LogP contribution in [0, 0.1) is 11.3 Å². The topological polar surface area (TPSA) is 66.8 Å². The molecule has 0 aliphatic carbocycles. The number of para-hydroxylation sites is 1. The number of carboxylic acids is 1. The van der Waals surface area contributed by atoms with Crippen molar-refractivity contribution in [1.82, 2.24) is 0 Å². The molecule has 0 atom stereocenters. The average molecular weight is 293 g/mol. The third kappa shape index (κ3) is 5.10. The quantitative estimate of drug-likeness (QED) is 0.873. The number of rotatable bonds is 6. The van der Waals surface area contributed by atoms with Crippen molar-refractivity contribution < 1.29 is 19.4 Å². The molecule has 1 amide bonds. The van der Waals surface area contributed by atoms with Crippen LogP contribution in [0.25, 0.3) is 0 Å². The SMILES string of the molecule is CC(C)COC(=O)N(CC(C)(C)C(=O)O)c1ccccc1. The summed E-state index contributed by atoms with van der Waals surface area (Å²) in [7, 11) is 0. The third-order valence-electron chi connectivity index (χ3n) is 2.96. The minimum atomic E-state index is -1.06. The second-order valence-corrected chi connectivity index (χ2v) is 6.08. The summed E-state index contributed by atoms with van der Waals surface area (Å²) < 4.78 is 5.24. The number of carbonyl (C=O) groups is 2. The predicted molar refractivity (Wildman–Crippen MR) is 81.4 cm³/mol. The van der Waals surface area contributed by atoms with Gasteiger partial charge in [0.15, 0.2) is 0 Å². The van der Waals surface area contributed by atoms with Gasteiger partial charge in [0, 0.05) is 12.2 Å². The summed E-state index contributed by atoms with van der Waals surface area (Å²) in [6.07, 6.45) is -0.524. The molecule has 5 heteroatoms. The molecule has 0 unspecified atom stereocenters. The molecule has 0 aliphatic heterocycles. The first-order valence-electron chi connectivity index (χ1n) is 6.97. The van der Waals surface area contributed by atoms with Crippen molar-refractivity contribution in [3.05, 3.63) is 30.3 Å². The highest BCUT2D eigenvalue weighted by atomic mass is 16.6.